The van der Waals surface area contributed by atoms with E-state index in [4.69, 9.17) is 4.74 Å². The monoisotopic (exact) mass is 343 g/mol. The fraction of sp³-hybridized carbons (Fsp3) is 0.526. The molecule has 0 aliphatic carbocycles. The van der Waals surface area contributed by atoms with Crippen molar-refractivity contribution in [3.8, 4) is 6.07 Å². The number of hydrogen-bond donors (Lipinski definition) is 0. The van der Waals surface area contributed by atoms with Crippen LogP contribution in [0.5, 0.6) is 0 Å². The molecule has 6 heteroatoms. The lowest BCUT2D eigenvalue weighted by molar-refractivity contribution is -0.148. The fourth-order valence-corrected chi connectivity index (χ4v) is 3.10. The first-order valence-electron chi connectivity index (χ1n) is 8.71. The Morgan fingerprint density at radius 2 is 2.00 bits per heavy atom. The Balaban J connectivity index is 2.06. The molecule has 1 aliphatic rings. The summed E-state index contributed by atoms with van der Waals surface area (Å²) < 4.78 is 7.19. The number of aromatic nitrogens is 1. The molecule has 6 nitrogen and oxygen atoms in total. The van der Waals surface area contributed by atoms with Crippen LogP contribution in [0.25, 0.3) is 6.08 Å². The van der Waals surface area contributed by atoms with E-state index in [9.17, 15) is 14.9 Å². The van der Waals surface area contributed by atoms with Gasteiger partial charge >= 0.3 is 5.97 Å². The van der Waals surface area contributed by atoms with Gasteiger partial charge in [-0.3, -0.25) is 4.79 Å². The first-order valence-corrected chi connectivity index (χ1v) is 8.71. The van der Waals surface area contributed by atoms with Gasteiger partial charge < -0.3 is 14.2 Å². The maximum atomic E-state index is 12.1. The average molecular weight is 343 g/mol. The van der Waals surface area contributed by atoms with E-state index in [1.165, 1.54) is 6.08 Å². The highest BCUT2D eigenvalue weighted by Gasteiger charge is 2.20. The highest BCUT2D eigenvalue weighted by Crippen LogP contribution is 2.19. The van der Waals surface area contributed by atoms with E-state index in [1.54, 1.807) is 4.90 Å². The molecule has 0 saturated carbocycles. The quantitative estimate of drug-likeness (QED) is 0.452. The normalized spacial score (nSPS) is 14.5. The van der Waals surface area contributed by atoms with Crippen molar-refractivity contribution in [3.63, 3.8) is 0 Å². The summed E-state index contributed by atoms with van der Waals surface area (Å²) in [5, 5.41) is 9.28. The summed E-state index contributed by atoms with van der Waals surface area (Å²) >= 11 is 0. The molecular formula is C19H25N3O3. The average Bonchev–Trinajstić information content (AvgIpc) is 3.22. The second kappa shape index (κ2) is 8.52. The third-order valence-electron chi connectivity index (χ3n) is 4.49. The molecule has 0 bridgehead atoms. The number of hydrogen-bond acceptors (Lipinski definition) is 4. The minimum atomic E-state index is -0.754. The number of carbonyl (C=O) groups excluding carboxylic acids is 2. The molecule has 1 saturated heterocycles. The Kier molecular flexibility index (Phi) is 6.40. The van der Waals surface area contributed by atoms with Crippen molar-refractivity contribution in [3.05, 3.63) is 28.6 Å². The van der Waals surface area contributed by atoms with Gasteiger partial charge in [-0.05, 0) is 50.8 Å². The van der Waals surface area contributed by atoms with Crippen LogP contribution in [0.4, 0.5) is 0 Å². The molecule has 0 radical (unpaired) electrons. The van der Waals surface area contributed by atoms with Crippen LogP contribution in [0.2, 0.25) is 0 Å². The molecule has 1 amide bonds. The van der Waals surface area contributed by atoms with Gasteiger partial charge in [0.25, 0.3) is 5.91 Å². The predicted octanol–water partition coefficient (Wildman–Crippen LogP) is 2.59. The first kappa shape index (κ1) is 18.8. The lowest BCUT2D eigenvalue weighted by Gasteiger charge is -2.14. The van der Waals surface area contributed by atoms with E-state index < -0.39 is 5.97 Å². The van der Waals surface area contributed by atoms with Crippen molar-refractivity contribution in [2.45, 2.75) is 46.6 Å². The zero-order valence-corrected chi connectivity index (χ0v) is 15.2. The molecule has 2 heterocycles. The second-order valence-corrected chi connectivity index (χ2v) is 6.31. The van der Waals surface area contributed by atoms with Gasteiger partial charge in [0.05, 0.1) is 0 Å². The van der Waals surface area contributed by atoms with E-state index in [0.717, 1.165) is 42.8 Å². The van der Waals surface area contributed by atoms with Crippen LogP contribution in [0.3, 0.4) is 0 Å². The van der Waals surface area contributed by atoms with E-state index in [1.807, 2.05) is 26.0 Å². The maximum absolute atomic E-state index is 12.1. The zero-order valence-electron chi connectivity index (χ0n) is 15.2. The Labute approximate surface area is 148 Å². The number of likely N-dealkylation sites (tertiary alicyclic amines) is 1. The van der Waals surface area contributed by atoms with Gasteiger partial charge in [-0.2, -0.15) is 5.26 Å². The summed E-state index contributed by atoms with van der Waals surface area (Å²) in [7, 11) is 0. The summed E-state index contributed by atoms with van der Waals surface area (Å²) in [4.78, 5) is 25.8. The topological polar surface area (TPSA) is 75.3 Å². The van der Waals surface area contributed by atoms with Gasteiger partial charge in [0.1, 0.15) is 11.6 Å². The number of ether oxygens (including phenoxy) is 1. The molecule has 0 unspecified atom stereocenters. The first-order chi connectivity index (χ1) is 12.0. The number of aryl methyl sites for hydroxylation is 1. The van der Waals surface area contributed by atoms with Crippen LogP contribution in [0.15, 0.2) is 11.6 Å². The van der Waals surface area contributed by atoms with Crippen molar-refractivity contribution >= 4 is 18.0 Å². The molecular weight excluding hydrogens is 318 g/mol. The molecule has 1 aromatic rings. The standard InChI is InChI=1S/C19H25N3O3/c1-4-7-22-14(2)10-16(15(22)3)11-17(12-20)19(24)25-13-18(23)21-8-5-6-9-21/h10-11H,4-9,13H2,1-3H3/b17-11+. The Hall–Kier alpha value is -2.55. The Bertz CT molecular complexity index is 719. The number of carbonyl (C=O) groups is 2. The van der Waals surface area contributed by atoms with E-state index in [0.29, 0.717) is 13.1 Å². The number of nitriles is 1. The molecule has 0 N–H and O–H groups in total. The fourth-order valence-electron chi connectivity index (χ4n) is 3.10. The molecule has 1 aliphatic heterocycles. The van der Waals surface area contributed by atoms with Gasteiger partial charge in [-0.25, -0.2) is 4.79 Å². The van der Waals surface area contributed by atoms with Crippen molar-refractivity contribution in [2.75, 3.05) is 19.7 Å². The van der Waals surface area contributed by atoms with E-state index >= 15 is 0 Å². The summed E-state index contributed by atoms with van der Waals surface area (Å²) in [5.41, 5.74) is 2.82. The van der Waals surface area contributed by atoms with E-state index in [2.05, 4.69) is 11.5 Å². The van der Waals surface area contributed by atoms with Crippen LogP contribution in [0.1, 0.15) is 43.1 Å². The summed E-state index contributed by atoms with van der Waals surface area (Å²) in [6.45, 7) is 8.06. The molecule has 0 atom stereocenters. The number of rotatable bonds is 6. The van der Waals surface area contributed by atoms with E-state index in [-0.39, 0.29) is 18.1 Å². The highest BCUT2D eigenvalue weighted by atomic mass is 16.5. The highest BCUT2D eigenvalue weighted by molar-refractivity contribution is 5.99. The van der Waals surface area contributed by atoms with Crippen LogP contribution >= 0.6 is 0 Å². The zero-order chi connectivity index (χ0) is 18.4. The number of amides is 1. The lowest BCUT2D eigenvalue weighted by Crippen LogP contribution is -2.32. The van der Waals surface area contributed by atoms with Crippen LogP contribution in [-0.2, 0) is 20.9 Å². The molecule has 0 spiro atoms. The van der Waals surface area contributed by atoms with Gasteiger partial charge in [0, 0.05) is 31.0 Å². The molecule has 25 heavy (non-hydrogen) atoms. The van der Waals surface area contributed by atoms with Crippen molar-refractivity contribution in [1.29, 1.82) is 5.26 Å². The minimum absolute atomic E-state index is 0.0917. The third kappa shape index (κ3) is 4.50. The second-order valence-electron chi connectivity index (χ2n) is 6.31. The molecule has 134 valence electrons. The van der Waals surface area contributed by atoms with Gasteiger partial charge in [-0.15, -0.1) is 0 Å². The third-order valence-corrected chi connectivity index (χ3v) is 4.49. The summed E-state index contributed by atoms with van der Waals surface area (Å²) in [6.07, 6.45) is 4.51. The van der Waals surface area contributed by atoms with Crippen molar-refractivity contribution < 1.29 is 14.3 Å². The molecule has 0 aromatic carbocycles. The SMILES string of the molecule is CCCn1c(C)cc(/C=C(\C#N)C(=O)OCC(=O)N2CCCC2)c1C. The van der Waals surface area contributed by atoms with Crippen molar-refractivity contribution in [1.82, 2.24) is 9.47 Å². The summed E-state index contributed by atoms with van der Waals surface area (Å²) in [5.74, 6) is -0.959. The molecule has 1 fully saturated rings. The van der Waals surface area contributed by atoms with Gasteiger partial charge in [-0.1, -0.05) is 6.92 Å². The van der Waals surface area contributed by atoms with Crippen LogP contribution < -0.4 is 0 Å². The van der Waals surface area contributed by atoms with Gasteiger partial charge in [0.15, 0.2) is 6.61 Å². The van der Waals surface area contributed by atoms with Crippen LogP contribution in [-0.4, -0.2) is 41.0 Å². The largest absolute Gasteiger partial charge is 0.451 e. The smallest absolute Gasteiger partial charge is 0.349 e. The van der Waals surface area contributed by atoms with Crippen LogP contribution in [0, 0.1) is 25.2 Å². The Morgan fingerprint density at radius 3 is 2.60 bits per heavy atom. The van der Waals surface area contributed by atoms with Crippen molar-refractivity contribution in [2.24, 2.45) is 0 Å². The Morgan fingerprint density at radius 1 is 1.32 bits per heavy atom. The maximum Gasteiger partial charge on any atom is 0.349 e. The lowest BCUT2D eigenvalue weighted by atomic mass is 10.1. The predicted molar refractivity (Wildman–Crippen MR) is 94.6 cm³/mol. The number of esters is 1. The molecule has 2 rings (SSSR count). The van der Waals surface area contributed by atoms with Gasteiger partial charge in [0.2, 0.25) is 0 Å². The molecule has 1 aromatic heterocycles. The number of nitrogens with zero attached hydrogens (tertiary/aromatic N) is 3. The summed E-state index contributed by atoms with van der Waals surface area (Å²) in [6, 6.07) is 3.83. The minimum Gasteiger partial charge on any atom is -0.451 e.